The second kappa shape index (κ2) is 12.0. The summed E-state index contributed by atoms with van der Waals surface area (Å²) in [5, 5.41) is 6.04. The molecule has 0 aliphatic carbocycles. The van der Waals surface area contributed by atoms with Crippen LogP contribution in [-0.4, -0.2) is 70.0 Å². The summed E-state index contributed by atoms with van der Waals surface area (Å²) in [5.41, 5.74) is 1.62. The van der Waals surface area contributed by atoms with Crippen LogP contribution in [0.3, 0.4) is 0 Å². The van der Waals surface area contributed by atoms with Gasteiger partial charge in [0.1, 0.15) is 35.6 Å². The van der Waals surface area contributed by atoms with Gasteiger partial charge in [0.15, 0.2) is 0 Å². The molecule has 2 saturated heterocycles. The molecular weight excluding hydrogens is 513 g/mol. The lowest BCUT2D eigenvalue weighted by Gasteiger charge is -2.55. The van der Waals surface area contributed by atoms with Gasteiger partial charge in [-0.05, 0) is 48.7 Å². The van der Waals surface area contributed by atoms with Gasteiger partial charge in [-0.3, -0.25) is 9.59 Å². The SMILES string of the molecule is CCCC[C@H]1C(=O)N(C(C)c2ccc(F)cc2)C[C@H]2N1C(=O)CN(C)N2C(=O)NCc1ccc(OCl)cc1. The van der Waals surface area contributed by atoms with E-state index in [0.717, 1.165) is 24.0 Å². The van der Waals surface area contributed by atoms with Crippen LogP contribution >= 0.6 is 11.9 Å². The molecule has 0 bridgehead atoms. The fourth-order valence-corrected chi connectivity index (χ4v) is 5.23. The van der Waals surface area contributed by atoms with Crippen molar-refractivity contribution < 1.29 is 23.1 Å². The molecule has 9 nitrogen and oxygen atoms in total. The number of rotatable bonds is 8. The number of nitrogens with zero attached hydrogens (tertiary/aromatic N) is 4. The minimum atomic E-state index is -0.685. The first-order chi connectivity index (χ1) is 18.2. The molecule has 2 aromatic rings. The molecule has 0 aromatic heterocycles. The van der Waals surface area contributed by atoms with Gasteiger partial charge >= 0.3 is 6.03 Å². The number of piperazine rings is 1. The molecule has 2 fully saturated rings. The second-order valence-electron chi connectivity index (χ2n) is 9.70. The Morgan fingerprint density at radius 1 is 1.16 bits per heavy atom. The molecule has 38 heavy (non-hydrogen) atoms. The third-order valence-electron chi connectivity index (χ3n) is 7.20. The van der Waals surface area contributed by atoms with Gasteiger partial charge in [-0.1, -0.05) is 44.0 Å². The van der Waals surface area contributed by atoms with Crippen molar-refractivity contribution in [2.45, 2.75) is 57.9 Å². The summed E-state index contributed by atoms with van der Waals surface area (Å²) < 4.78 is 18.2. The first-order valence-corrected chi connectivity index (χ1v) is 13.1. The zero-order valence-corrected chi connectivity index (χ0v) is 22.5. The fraction of sp³-hybridized carbons (Fsp3) is 0.444. The molecule has 204 valence electrons. The highest BCUT2D eigenvalue weighted by Crippen LogP contribution is 2.33. The van der Waals surface area contributed by atoms with Crippen molar-refractivity contribution in [1.29, 1.82) is 0 Å². The van der Waals surface area contributed by atoms with Crippen LogP contribution < -0.4 is 9.61 Å². The van der Waals surface area contributed by atoms with Gasteiger partial charge in [0.2, 0.25) is 11.8 Å². The number of nitrogens with one attached hydrogen (secondary N) is 1. The Morgan fingerprint density at radius 2 is 1.84 bits per heavy atom. The van der Waals surface area contributed by atoms with E-state index in [9.17, 15) is 18.8 Å². The number of urea groups is 1. The lowest BCUT2D eigenvalue weighted by molar-refractivity contribution is -0.189. The van der Waals surface area contributed by atoms with E-state index in [2.05, 4.69) is 9.61 Å². The van der Waals surface area contributed by atoms with E-state index >= 15 is 0 Å². The highest BCUT2D eigenvalue weighted by atomic mass is 35.5. The van der Waals surface area contributed by atoms with Crippen molar-refractivity contribution in [3.63, 3.8) is 0 Å². The monoisotopic (exact) mass is 545 g/mol. The highest BCUT2D eigenvalue weighted by Gasteiger charge is 2.51. The number of benzene rings is 2. The van der Waals surface area contributed by atoms with Gasteiger partial charge < -0.3 is 19.4 Å². The van der Waals surface area contributed by atoms with Crippen LogP contribution in [0.2, 0.25) is 0 Å². The summed E-state index contributed by atoms with van der Waals surface area (Å²) in [6, 6.07) is 11.6. The zero-order valence-electron chi connectivity index (χ0n) is 21.8. The highest BCUT2D eigenvalue weighted by molar-refractivity contribution is 6.09. The molecule has 2 heterocycles. The molecule has 1 unspecified atom stereocenters. The van der Waals surface area contributed by atoms with E-state index in [4.69, 9.17) is 11.9 Å². The van der Waals surface area contributed by atoms with Crippen molar-refractivity contribution in [3.8, 4) is 5.75 Å². The van der Waals surface area contributed by atoms with Crippen LogP contribution in [0.1, 0.15) is 50.3 Å². The first kappa shape index (κ1) is 27.7. The molecule has 2 aliphatic heterocycles. The quantitative estimate of drug-likeness (QED) is 0.541. The number of likely N-dealkylation sites (N-methyl/N-ethyl adjacent to an activating group) is 1. The summed E-state index contributed by atoms with van der Waals surface area (Å²) in [6.45, 7) is 4.27. The molecule has 2 aromatic carbocycles. The van der Waals surface area contributed by atoms with Crippen molar-refractivity contribution in [1.82, 2.24) is 25.1 Å². The smallest absolute Gasteiger partial charge is 0.334 e. The lowest BCUT2D eigenvalue weighted by Crippen LogP contribution is -2.76. The van der Waals surface area contributed by atoms with E-state index in [1.807, 2.05) is 13.8 Å². The summed E-state index contributed by atoms with van der Waals surface area (Å²) in [7, 11) is 1.69. The number of carbonyl (C=O) groups is 3. The average Bonchev–Trinajstić information content (AvgIpc) is 2.91. The fourth-order valence-electron chi connectivity index (χ4n) is 5.13. The number of hydrogen-bond acceptors (Lipinski definition) is 5. The number of carbonyl (C=O) groups excluding carboxylic acids is 3. The first-order valence-electron chi connectivity index (χ1n) is 12.8. The van der Waals surface area contributed by atoms with E-state index in [1.165, 1.54) is 17.1 Å². The van der Waals surface area contributed by atoms with Gasteiger partial charge in [0.05, 0.1) is 19.1 Å². The van der Waals surface area contributed by atoms with Crippen molar-refractivity contribution in [3.05, 3.63) is 65.5 Å². The predicted octanol–water partition coefficient (Wildman–Crippen LogP) is 4.05. The number of hydrazine groups is 1. The largest absolute Gasteiger partial charge is 0.386 e. The Bertz CT molecular complexity index is 1150. The molecular formula is C27H33ClFN5O4. The molecule has 4 amide bonds. The topological polar surface area (TPSA) is 85.4 Å². The van der Waals surface area contributed by atoms with Gasteiger partial charge in [0.25, 0.3) is 0 Å². The standard InChI is InChI=1S/C27H33ClFN5O4/c1-4-5-6-23-26(36)32(18(2)20-9-11-21(29)12-10-20)16-24-33(23)25(35)17-31(3)34(24)27(37)30-15-19-7-13-22(38-28)14-8-19/h7-14,18,23-24H,4-6,15-17H2,1-3H3,(H,30,37)/t18?,23-,24-/m0/s1. The van der Waals surface area contributed by atoms with Gasteiger partial charge in [0, 0.05) is 13.6 Å². The van der Waals surface area contributed by atoms with Crippen molar-refractivity contribution in [2.75, 3.05) is 20.1 Å². The predicted molar refractivity (Wildman–Crippen MR) is 140 cm³/mol. The molecule has 1 N–H and O–H groups in total. The summed E-state index contributed by atoms with van der Waals surface area (Å²) in [6.07, 6.45) is 1.44. The number of amides is 4. The Kier molecular flexibility index (Phi) is 8.73. The normalized spacial score (nSPS) is 20.8. The van der Waals surface area contributed by atoms with E-state index < -0.39 is 12.2 Å². The minimum absolute atomic E-state index is 0.0188. The van der Waals surface area contributed by atoms with Gasteiger partial charge in [-0.15, -0.1) is 0 Å². The Morgan fingerprint density at radius 3 is 2.47 bits per heavy atom. The molecule has 3 atom stereocenters. The maximum Gasteiger partial charge on any atom is 0.334 e. The van der Waals surface area contributed by atoms with Crippen LogP contribution in [0.5, 0.6) is 5.75 Å². The van der Waals surface area contributed by atoms with Crippen LogP contribution in [0.15, 0.2) is 48.5 Å². The van der Waals surface area contributed by atoms with Crippen LogP contribution in [0.25, 0.3) is 0 Å². The lowest BCUT2D eigenvalue weighted by atomic mass is 9.98. The number of halogens is 2. The Labute approximate surface area is 227 Å². The Hall–Kier alpha value is -3.37. The van der Waals surface area contributed by atoms with Crippen molar-refractivity contribution >= 4 is 29.7 Å². The zero-order chi connectivity index (χ0) is 27.4. The molecule has 0 spiro atoms. The molecule has 0 saturated carbocycles. The Balaban J connectivity index is 1.60. The molecule has 4 rings (SSSR count). The third kappa shape index (κ3) is 5.71. The number of hydrogen-bond donors (Lipinski definition) is 1. The summed E-state index contributed by atoms with van der Waals surface area (Å²) in [5.74, 6) is -0.217. The van der Waals surface area contributed by atoms with Crippen LogP contribution in [0.4, 0.5) is 9.18 Å². The van der Waals surface area contributed by atoms with Gasteiger partial charge in [-0.2, -0.15) is 0 Å². The second-order valence-corrected chi connectivity index (χ2v) is 9.85. The van der Waals surface area contributed by atoms with Gasteiger partial charge in [-0.25, -0.2) is 19.2 Å². The molecule has 0 radical (unpaired) electrons. The average molecular weight is 546 g/mol. The van der Waals surface area contributed by atoms with E-state index in [0.29, 0.717) is 12.2 Å². The van der Waals surface area contributed by atoms with E-state index in [-0.39, 0.29) is 49.3 Å². The van der Waals surface area contributed by atoms with Crippen LogP contribution in [-0.2, 0) is 16.1 Å². The minimum Gasteiger partial charge on any atom is -0.386 e. The summed E-state index contributed by atoms with van der Waals surface area (Å²) >= 11 is 5.38. The van der Waals surface area contributed by atoms with Crippen LogP contribution in [0, 0.1) is 5.82 Å². The maximum absolute atomic E-state index is 13.7. The molecule has 2 aliphatic rings. The summed E-state index contributed by atoms with van der Waals surface area (Å²) in [4.78, 5) is 43.8. The van der Waals surface area contributed by atoms with E-state index in [1.54, 1.807) is 58.3 Å². The van der Waals surface area contributed by atoms with Crippen molar-refractivity contribution in [2.24, 2.45) is 0 Å². The third-order valence-corrected chi connectivity index (χ3v) is 7.38. The number of unbranched alkanes of at least 4 members (excludes halogenated alkanes) is 1. The number of fused-ring (bicyclic) bond motifs is 1. The molecule has 11 heteroatoms. The maximum atomic E-state index is 13.7.